The van der Waals surface area contributed by atoms with Crippen LogP contribution in [0.3, 0.4) is 0 Å². The predicted molar refractivity (Wildman–Crippen MR) is 79.5 cm³/mol. The van der Waals surface area contributed by atoms with E-state index in [1.165, 1.54) is 6.07 Å². The van der Waals surface area contributed by atoms with Crippen LogP contribution in [0.5, 0.6) is 5.75 Å². The number of aryl methyl sites for hydroxylation is 2. The molecule has 2 rings (SSSR count). The molecule has 0 aliphatic carbocycles. The van der Waals surface area contributed by atoms with Crippen LogP contribution in [0.15, 0.2) is 36.4 Å². The monoisotopic (exact) mass is 273 g/mol. The van der Waals surface area contributed by atoms with Crippen LogP contribution in [0.2, 0.25) is 0 Å². The molecule has 1 atom stereocenters. The smallest absolute Gasteiger partial charge is 0.128 e. The summed E-state index contributed by atoms with van der Waals surface area (Å²) in [5.41, 5.74) is 9.51. The molecule has 2 nitrogen and oxygen atoms in total. The van der Waals surface area contributed by atoms with Gasteiger partial charge in [-0.1, -0.05) is 29.8 Å². The van der Waals surface area contributed by atoms with Crippen molar-refractivity contribution < 1.29 is 9.13 Å². The van der Waals surface area contributed by atoms with Gasteiger partial charge < -0.3 is 10.5 Å². The average molecular weight is 273 g/mol. The zero-order valence-electron chi connectivity index (χ0n) is 12.1. The Hall–Kier alpha value is -1.87. The minimum absolute atomic E-state index is 0.276. The van der Waals surface area contributed by atoms with Gasteiger partial charge in [0.1, 0.15) is 11.6 Å². The molecular weight excluding hydrogens is 253 g/mol. The first-order valence-corrected chi connectivity index (χ1v) is 6.78. The predicted octanol–water partition coefficient (Wildman–Crippen LogP) is 3.89. The van der Waals surface area contributed by atoms with E-state index in [0.29, 0.717) is 17.9 Å². The lowest BCUT2D eigenvalue weighted by Crippen LogP contribution is -2.15. The first kappa shape index (κ1) is 14.5. The van der Waals surface area contributed by atoms with Crippen molar-refractivity contribution in [1.29, 1.82) is 0 Å². The number of hydrogen-bond donors (Lipinski definition) is 1. The van der Waals surface area contributed by atoms with Gasteiger partial charge in [-0.3, -0.25) is 0 Å². The van der Waals surface area contributed by atoms with Gasteiger partial charge in [0.2, 0.25) is 0 Å². The minimum atomic E-state index is -0.531. The SMILES string of the molecule is CCOc1ccc(C)cc1C(N)c1ccc(C)cc1F. The average Bonchev–Trinajstić information content (AvgIpc) is 2.40. The van der Waals surface area contributed by atoms with Gasteiger partial charge in [0.15, 0.2) is 0 Å². The normalized spacial score (nSPS) is 12.2. The first-order valence-electron chi connectivity index (χ1n) is 6.78. The highest BCUT2D eigenvalue weighted by Crippen LogP contribution is 2.31. The third-order valence-corrected chi connectivity index (χ3v) is 3.29. The van der Waals surface area contributed by atoms with E-state index in [0.717, 1.165) is 16.7 Å². The highest BCUT2D eigenvalue weighted by Gasteiger charge is 2.18. The number of ether oxygens (including phenoxy) is 1. The maximum atomic E-state index is 14.1. The second-order valence-corrected chi connectivity index (χ2v) is 4.98. The van der Waals surface area contributed by atoms with Crippen LogP contribution in [0, 0.1) is 19.7 Å². The molecule has 0 saturated carbocycles. The van der Waals surface area contributed by atoms with Gasteiger partial charge in [-0.25, -0.2) is 4.39 Å². The van der Waals surface area contributed by atoms with Gasteiger partial charge in [-0.05, 0) is 38.5 Å². The molecule has 0 radical (unpaired) electrons. The Morgan fingerprint density at radius 3 is 2.35 bits per heavy atom. The van der Waals surface area contributed by atoms with Crippen LogP contribution in [0.4, 0.5) is 4.39 Å². The van der Waals surface area contributed by atoms with Gasteiger partial charge in [0.05, 0.1) is 12.6 Å². The van der Waals surface area contributed by atoms with Gasteiger partial charge >= 0.3 is 0 Å². The van der Waals surface area contributed by atoms with Crippen LogP contribution in [0.1, 0.15) is 35.2 Å². The molecule has 0 bridgehead atoms. The van der Waals surface area contributed by atoms with E-state index < -0.39 is 6.04 Å². The van der Waals surface area contributed by atoms with Gasteiger partial charge in [0, 0.05) is 11.1 Å². The molecule has 1 unspecified atom stereocenters. The zero-order valence-corrected chi connectivity index (χ0v) is 12.1. The second-order valence-electron chi connectivity index (χ2n) is 4.98. The molecule has 2 aromatic carbocycles. The Balaban J connectivity index is 2.46. The molecule has 0 aliphatic heterocycles. The third kappa shape index (κ3) is 2.99. The molecule has 106 valence electrons. The lowest BCUT2D eigenvalue weighted by Gasteiger charge is -2.18. The maximum Gasteiger partial charge on any atom is 0.128 e. The number of benzene rings is 2. The van der Waals surface area contributed by atoms with E-state index in [1.54, 1.807) is 6.07 Å². The summed E-state index contributed by atoms with van der Waals surface area (Å²) in [4.78, 5) is 0. The molecule has 0 aromatic heterocycles. The van der Waals surface area contributed by atoms with Crippen LogP contribution >= 0.6 is 0 Å². The Bertz CT molecular complexity index is 610. The third-order valence-electron chi connectivity index (χ3n) is 3.29. The van der Waals surface area contributed by atoms with Crippen molar-refractivity contribution in [3.05, 3.63) is 64.5 Å². The summed E-state index contributed by atoms with van der Waals surface area (Å²) < 4.78 is 19.7. The number of halogens is 1. The van der Waals surface area contributed by atoms with Gasteiger partial charge in [0.25, 0.3) is 0 Å². The molecule has 0 heterocycles. The fourth-order valence-corrected chi connectivity index (χ4v) is 2.25. The van der Waals surface area contributed by atoms with Crippen molar-refractivity contribution in [1.82, 2.24) is 0 Å². The van der Waals surface area contributed by atoms with E-state index in [9.17, 15) is 4.39 Å². The standard InChI is InChI=1S/C17H20FNO/c1-4-20-16-8-6-11(2)9-14(16)17(19)13-7-5-12(3)10-15(13)18/h5-10,17H,4,19H2,1-3H3. The Morgan fingerprint density at radius 1 is 1.05 bits per heavy atom. The maximum absolute atomic E-state index is 14.1. The Kier molecular flexibility index (Phi) is 4.40. The molecule has 3 heteroatoms. The number of hydrogen-bond acceptors (Lipinski definition) is 2. The van der Waals surface area contributed by atoms with E-state index >= 15 is 0 Å². The largest absolute Gasteiger partial charge is 0.494 e. The first-order chi connectivity index (χ1) is 9.52. The number of rotatable bonds is 4. The summed E-state index contributed by atoms with van der Waals surface area (Å²) in [5, 5.41) is 0. The van der Waals surface area contributed by atoms with Crippen molar-refractivity contribution in [3.8, 4) is 5.75 Å². The Morgan fingerprint density at radius 2 is 1.70 bits per heavy atom. The highest BCUT2D eigenvalue weighted by molar-refractivity contribution is 5.44. The summed E-state index contributed by atoms with van der Waals surface area (Å²) in [6, 6.07) is 10.4. The van der Waals surface area contributed by atoms with Crippen molar-refractivity contribution >= 4 is 0 Å². The van der Waals surface area contributed by atoms with Crippen molar-refractivity contribution in [2.24, 2.45) is 5.73 Å². The molecule has 2 N–H and O–H groups in total. The zero-order chi connectivity index (χ0) is 14.7. The molecule has 20 heavy (non-hydrogen) atoms. The van der Waals surface area contributed by atoms with Crippen LogP contribution in [-0.2, 0) is 0 Å². The molecule has 0 amide bonds. The molecule has 2 aromatic rings. The van der Waals surface area contributed by atoms with E-state index in [4.69, 9.17) is 10.5 Å². The van der Waals surface area contributed by atoms with E-state index in [-0.39, 0.29) is 5.82 Å². The topological polar surface area (TPSA) is 35.2 Å². The minimum Gasteiger partial charge on any atom is -0.494 e. The summed E-state index contributed by atoms with van der Waals surface area (Å²) in [7, 11) is 0. The van der Waals surface area contributed by atoms with Gasteiger partial charge in [-0.2, -0.15) is 0 Å². The lowest BCUT2D eigenvalue weighted by atomic mass is 9.96. The molecule has 0 saturated heterocycles. The summed E-state index contributed by atoms with van der Waals surface area (Å²) in [6.45, 7) is 6.31. The van der Waals surface area contributed by atoms with Crippen LogP contribution in [-0.4, -0.2) is 6.61 Å². The van der Waals surface area contributed by atoms with E-state index in [1.807, 2.05) is 45.0 Å². The number of nitrogens with two attached hydrogens (primary N) is 1. The molecule has 0 aliphatic rings. The molecule has 0 spiro atoms. The van der Waals surface area contributed by atoms with E-state index in [2.05, 4.69) is 0 Å². The lowest BCUT2D eigenvalue weighted by molar-refractivity contribution is 0.335. The summed E-state index contributed by atoms with van der Waals surface area (Å²) in [6.07, 6.45) is 0. The second kappa shape index (κ2) is 6.06. The van der Waals surface area contributed by atoms with Crippen molar-refractivity contribution in [2.75, 3.05) is 6.61 Å². The van der Waals surface area contributed by atoms with Crippen molar-refractivity contribution in [2.45, 2.75) is 26.8 Å². The Labute approximate surface area is 119 Å². The van der Waals surface area contributed by atoms with Crippen LogP contribution < -0.4 is 10.5 Å². The molecular formula is C17H20FNO. The highest BCUT2D eigenvalue weighted by atomic mass is 19.1. The van der Waals surface area contributed by atoms with Gasteiger partial charge in [-0.15, -0.1) is 0 Å². The van der Waals surface area contributed by atoms with Crippen molar-refractivity contribution in [3.63, 3.8) is 0 Å². The summed E-state index contributed by atoms with van der Waals surface area (Å²) >= 11 is 0. The quantitative estimate of drug-likeness (QED) is 0.917. The fourth-order valence-electron chi connectivity index (χ4n) is 2.25. The van der Waals surface area contributed by atoms with Crippen LogP contribution in [0.25, 0.3) is 0 Å². The summed E-state index contributed by atoms with van der Waals surface area (Å²) in [5.74, 6) is 0.437. The fraction of sp³-hybridized carbons (Fsp3) is 0.294. The molecule has 0 fully saturated rings.